The van der Waals surface area contributed by atoms with E-state index in [2.05, 4.69) is 19.1 Å². The lowest BCUT2D eigenvalue weighted by Crippen LogP contribution is -2.03. The van der Waals surface area contributed by atoms with E-state index in [1.165, 1.54) is 25.7 Å². The Bertz CT molecular complexity index is 881. The van der Waals surface area contributed by atoms with Crippen molar-refractivity contribution in [3.8, 4) is 22.6 Å². The summed E-state index contributed by atoms with van der Waals surface area (Å²) in [5, 5.41) is 0. The molecule has 6 heteroatoms. The van der Waals surface area contributed by atoms with Crippen molar-refractivity contribution in [2.24, 2.45) is 0 Å². The van der Waals surface area contributed by atoms with Crippen molar-refractivity contribution in [3.05, 3.63) is 48.5 Å². The SMILES string of the molecule is CCCCCCCOc1cccc(OCCCCCCCCS(=O)(=O)O)c1-c1ccccc1. The van der Waals surface area contributed by atoms with E-state index in [1.807, 2.05) is 36.4 Å². The molecule has 184 valence electrons. The quantitative estimate of drug-likeness (QED) is 0.180. The van der Waals surface area contributed by atoms with Crippen LogP contribution in [0.5, 0.6) is 11.5 Å². The van der Waals surface area contributed by atoms with E-state index in [1.54, 1.807) is 0 Å². The van der Waals surface area contributed by atoms with Crippen molar-refractivity contribution < 1.29 is 22.4 Å². The molecule has 0 aliphatic heterocycles. The van der Waals surface area contributed by atoms with Gasteiger partial charge in [0.15, 0.2) is 0 Å². The first-order valence-electron chi connectivity index (χ1n) is 12.4. The normalized spacial score (nSPS) is 11.5. The van der Waals surface area contributed by atoms with Gasteiger partial charge in [-0.05, 0) is 37.0 Å². The lowest BCUT2D eigenvalue weighted by atomic mass is 10.0. The molecule has 0 saturated carbocycles. The minimum absolute atomic E-state index is 0.143. The number of ether oxygens (including phenoxy) is 2. The van der Waals surface area contributed by atoms with Gasteiger partial charge in [0.1, 0.15) is 11.5 Å². The third-order valence-electron chi connectivity index (χ3n) is 5.61. The van der Waals surface area contributed by atoms with Gasteiger partial charge >= 0.3 is 0 Å². The van der Waals surface area contributed by atoms with E-state index in [0.717, 1.165) is 61.2 Å². The zero-order valence-corrected chi connectivity index (χ0v) is 20.8. The Kier molecular flexibility index (Phi) is 13.0. The summed E-state index contributed by atoms with van der Waals surface area (Å²) in [7, 11) is -3.83. The highest BCUT2D eigenvalue weighted by atomic mass is 32.2. The molecule has 0 unspecified atom stereocenters. The lowest BCUT2D eigenvalue weighted by molar-refractivity contribution is 0.292. The van der Waals surface area contributed by atoms with Crippen LogP contribution < -0.4 is 9.47 Å². The van der Waals surface area contributed by atoms with Crippen LogP contribution in [-0.2, 0) is 10.1 Å². The first-order chi connectivity index (χ1) is 16.0. The summed E-state index contributed by atoms with van der Waals surface area (Å²) in [6.45, 7) is 3.57. The smallest absolute Gasteiger partial charge is 0.264 e. The summed E-state index contributed by atoms with van der Waals surface area (Å²) in [5.41, 5.74) is 2.10. The number of hydrogen-bond acceptors (Lipinski definition) is 4. The van der Waals surface area contributed by atoms with E-state index in [4.69, 9.17) is 14.0 Å². The van der Waals surface area contributed by atoms with Gasteiger partial charge < -0.3 is 9.47 Å². The number of unbranched alkanes of at least 4 members (excludes halogenated alkanes) is 9. The van der Waals surface area contributed by atoms with Gasteiger partial charge in [-0.3, -0.25) is 4.55 Å². The lowest BCUT2D eigenvalue weighted by Gasteiger charge is -2.17. The van der Waals surface area contributed by atoms with Crippen molar-refractivity contribution in [3.63, 3.8) is 0 Å². The molecule has 0 spiro atoms. The highest BCUT2D eigenvalue weighted by Gasteiger charge is 2.13. The molecule has 1 N–H and O–H groups in total. The first kappa shape index (κ1) is 27.2. The van der Waals surface area contributed by atoms with Gasteiger partial charge in [-0.1, -0.05) is 94.7 Å². The summed E-state index contributed by atoms with van der Waals surface area (Å²) < 4.78 is 42.6. The predicted octanol–water partition coefficient (Wildman–Crippen LogP) is 7.31. The molecule has 33 heavy (non-hydrogen) atoms. The molecular formula is C27H40O5S. The second-order valence-electron chi connectivity index (χ2n) is 8.51. The average Bonchev–Trinajstić information content (AvgIpc) is 2.80. The largest absolute Gasteiger partial charge is 0.493 e. The highest BCUT2D eigenvalue weighted by Crippen LogP contribution is 2.38. The maximum atomic E-state index is 10.7. The average molecular weight is 477 g/mol. The molecule has 0 saturated heterocycles. The molecule has 0 amide bonds. The van der Waals surface area contributed by atoms with Crippen LogP contribution in [0.15, 0.2) is 48.5 Å². The molecule has 0 aromatic heterocycles. The van der Waals surface area contributed by atoms with Gasteiger partial charge in [0.05, 0.1) is 24.5 Å². The Morgan fingerprint density at radius 3 is 1.73 bits per heavy atom. The fraction of sp³-hybridized carbons (Fsp3) is 0.556. The second kappa shape index (κ2) is 15.7. The van der Waals surface area contributed by atoms with Crippen LogP contribution in [0.25, 0.3) is 11.1 Å². The Labute approximate surface area is 200 Å². The molecule has 0 aliphatic carbocycles. The van der Waals surface area contributed by atoms with Crippen molar-refractivity contribution in [1.29, 1.82) is 0 Å². The third kappa shape index (κ3) is 11.6. The molecule has 0 radical (unpaired) electrons. The molecule has 0 fully saturated rings. The zero-order valence-electron chi connectivity index (χ0n) is 20.0. The predicted molar refractivity (Wildman–Crippen MR) is 136 cm³/mol. The van der Waals surface area contributed by atoms with Crippen molar-refractivity contribution >= 4 is 10.1 Å². The van der Waals surface area contributed by atoms with Gasteiger partial charge in [0, 0.05) is 0 Å². The zero-order chi connectivity index (χ0) is 23.8. The third-order valence-corrected chi connectivity index (χ3v) is 6.41. The van der Waals surface area contributed by atoms with E-state index in [-0.39, 0.29) is 5.75 Å². The van der Waals surface area contributed by atoms with Crippen LogP contribution in [0, 0.1) is 0 Å². The molecule has 2 aromatic carbocycles. The monoisotopic (exact) mass is 476 g/mol. The van der Waals surface area contributed by atoms with Gasteiger partial charge in [-0.15, -0.1) is 0 Å². The summed E-state index contributed by atoms with van der Waals surface area (Å²) in [5.74, 6) is 1.57. The maximum absolute atomic E-state index is 10.7. The van der Waals surface area contributed by atoms with Crippen LogP contribution >= 0.6 is 0 Å². The Morgan fingerprint density at radius 2 is 1.18 bits per heavy atom. The van der Waals surface area contributed by atoms with Crippen LogP contribution in [0.3, 0.4) is 0 Å². The van der Waals surface area contributed by atoms with Crippen molar-refractivity contribution in [2.45, 2.75) is 77.6 Å². The molecule has 0 aliphatic rings. The minimum atomic E-state index is -3.83. The summed E-state index contributed by atoms with van der Waals surface area (Å²) >= 11 is 0. The molecule has 0 atom stereocenters. The van der Waals surface area contributed by atoms with E-state index in [9.17, 15) is 8.42 Å². The standard InChI is InChI=1S/C27H40O5S/c1-2-3-4-7-13-21-31-25-19-16-20-26(27(25)24-17-11-10-12-18-24)32-22-14-8-5-6-9-15-23-33(28,29)30/h10-12,16-20H,2-9,13-15,21-23H2,1H3,(H,28,29,30). The van der Waals surface area contributed by atoms with E-state index >= 15 is 0 Å². The molecule has 0 heterocycles. The van der Waals surface area contributed by atoms with Crippen LogP contribution in [0.4, 0.5) is 0 Å². The Hall–Kier alpha value is -2.05. The van der Waals surface area contributed by atoms with Crippen LogP contribution in [0.2, 0.25) is 0 Å². The van der Waals surface area contributed by atoms with Gasteiger partial charge in [-0.2, -0.15) is 8.42 Å². The molecule has 2 aromatic rings. The number of rotatable bonds is 18. The molecular weight excluding hydrogens is 436 g/mol. The fourth-order valence-corrected chi connectivity index (χ4v) is 4.37. The van der Waals surface area contributed by atoms with Crippen LogP contribution in [0.1, 0.15) is 77.6 Å². The van der Waals surface area contributed by atoms with E-state index < -0.39 is 10.1 Å². The first-order valence-corrected chi connectivity index (χ1v) is 14.0. The summed E-state index contributed by atoms with van der Waals surface area (Å²) in [4.78, 5) is 0. The van der Waals surface area contributed by atoms with Gasteiger partial charge in [-0.25, -0.2) is 0 Å². The van der Waals surface area contributed by atoms with Gasteiger partial charge in [0.2, 0.25) is 0 Å². The number of benzene rings is 2. The molecule has 0 bridgehead atoms. The Balaban J connectivity index is 1.84. The van der Waals surface area contributed by atoms with Gasteiger partial charge in [0.25, 0.3) is 10.1 Å². The molecule has 5 nitrogen and oxygen atoms in total. The molecule has 2 rings (SSSR count). The second-order valence-corrected chi connectivity index (χ2v) is 10.1. The van der Waals surface area contributed by atoms with E-state index in [0.29, 0.717) is 19.6 Å². The number of hydrogen-bond donors (Lipinski definition) is 1. The Morgan fingerprint density at radius 1 is 0.667 bits per heavy atom. The maximum Gasteiger partial charge on any atom is 0.264 e. The van der Waals surface area contributed by atoms with Crippen LogP contribution in [-0.4, -0.2) is 31.9 Å². The van der Waals surface area contributed by atoms with Crippen molar-refractivity contribution in [1.82, 2.24) is 0 Å². The summed E-state index contributed by atoms with van der Waals surface area (Å²) in [6, 6.07) is 16.3. The van der Waals surface area contributed by atoms with Crippen molar-refractivity contribution in [2.75, 3.05) is 19.0 Å². The minimum Gasteiger partial charge on any atom is -0.493 e. The highest BCUT2D eigenvalue weighted by molar-refractivity contribution is 7.85. The fourth-order valence-electron chi connectivity index (χ4n) is 3.80. The topological polar surface area (TPSA) is 72.8 Å². The summed E-state index contributed by atoms with van der Waals surface area (Å²) in [6.07, 6.45) is 11.3.